The van der Waals surface area contributed by atoms with Crippen LogP contribution >= 0.6 is 11.3 Å². The predicted molar refractivity (Wildman–Crippen MR) is 89.2 cm³/mol. The summed E-state index contributed by atoms with van der Waals surface area (Å²) in [5, 5.41) is 12.2. The number of thiazole rings is 1. The predicted octanol–water partition coefficient (Wildman–Crippen LogP) is 2.05. The molecular formula is C15H23N3O5S. The number of hydrogen-bond acceptors (Lipinski definition) is 6. The molecule has 2 N–H and O–H groups in total. The Kier molecular flexibility index (Phi) is 7.15. The van der Waals surface area contributed by atoms with E-state index in [0.717, 1.165) is 0 Å². The first-order chi connectivity index (χ1) is 11.2. The summed E-state index contributed by atoms with van der Waals surface area (Å²) < 4.78 is 4.97. The lowest BCUT2D eigenvalue weighted by Gasteiger charge is -2.22. The van der Waals surface area contributed by atoms with E-state index in [9.17, 15) is 14.4 Å². The molecule has 2 atom stereocenters. The highest BCUT2D eigenvalue weighted by Gasteiger charge is 2.22. The molecule has 0 saturated heterocycles. The second kappa shape index (κ2) is 8.62. The number of urea groups is 1. The number of carbonyl (C=O) groups is 3. The van der Waals surface area contributed by atoms with Crippen LogP contribution in [0.1, 0.15) is 47.2 Å². The van der Waals surface area contributed by atoms with Crippen LogP contribution < -0.4 is 5.32 Å². The lowest BCUT2D eigenvalue weighted by molar-refractivity contribution is -0.141. The number of aryl methyl sites for hydroxylation is 1. The van der Waals surface area contributed by atoms with Gasteiger partial charge in [0.05, 0.1) is 24.3 Å². The van der Waals surface area contributed by atoms with E-state index in [-0.39, 0.29) is 13.2 Å². The van der Waals surface area contributed by atoms with Crippen molar-refractivity contribution in [1.29, 1.82) is 0 Å². The van der Waals surface area contributed by atoms with E-state index in [0.29, 0.717) is 15.6 Å². The third-order valence-electron chi connectivity index (χ3n) is 3.30. The first-order valence-corrected chi connectivity index (χ1v) is 8.37. The van der Waals surface area contributed by atoms with Gasteiger partial charge in [0.25, 0.3) is 0 Å². The fourth-order valence-corrected chi connectivity index (χ4v) is 2.88. The number of nitrogens with zero attached hydrogens (tertiary/aromatic N) is 2. The van der Waals surface area contributed by atoms with Crippen LogP contribution in [-0.2, 0) is 9.53 Å². The van der Waals surface area contributed by atoms with Gasteiger partial charge < -0.3 is 20.1 Å². The number of aliphatic carboxylic acids is 1. The van der Waals surface area contributed by atoms with Crippen molar-refractivity contribution in [3.63, 3.8) is 0 Å². The minimum atomic E-state index is -0.961. The molecule has 9 heteroatoms. The monoisotopic (exact) mass is 357 g/mol. The quantitative estimate of drug-likeness (QED) is 0.723. The molecule has 2 unspecified atom stereocenters. The number of rotatable bonds is 7. The van der Waals surface area contributed by atoms with Gasteiger partial charge in [-0.05, 0) is 20.8 Å². The SMILES string of the molecule is CCOC(=O)c1sc(C(C)NC(=O)N(C)CC(C)C(=O)O)nc1C. The highest BCUT2D eigenvalue weighted by molar-refractivity contribution is 7.13. The molecule has 2 amide bonds. The molecule has 0 aliphatic carbocycles. The van der Waals surface area contributed by atoms with Gasteiger partial charge in [0.2, 0.25) is 0 Å². The maximum absolute atomic E-state index is 12.1. The molecule has 0 aliphatic rings. The van der Waals surface area contributed by atoms with Gasteiger partial charge in [0.1, 0.15) is 9.88 Å². The summed E-state index contributed by atoms with van der Waals surface area (Å²) in [5.41, 5.74) is 0.558. The Bertz CT molecular complexity index is 616. The summed E-state index contributed by atoms with van der Waals surface area (Å²) in [7, 11) is 1.53. The number of hydrogen-bond donors (Lipinski definition) is 2. The Morgan fingerprint density at radius 3 is 2.54 bits per heavy atom. The van der Waals surface area contributed by atoms with E-state index < -0.39 is 29.9 Å². The number of carboxylic acids is 1. The van der Waals surface area contributed by atoms with E-state index in [1.54, 1.807) is 20.8 Å². The van der Waals surface area contributed by atoms with Crippen molar-refractivity contribution < 1.29 is 24.2 Å². The van der Waals surface area contributed by atoms with E-state index in [4.69, 9.17) is 9.84 Å². The van der Waals surface area contributed by atoms with Crippen molar-refractivity contribution in [2.75, 3.05) is 20.2 Å². The molecule has 1 aromatic heterocycles. The summed E-state index contributed by atoms with van der Waals surface area (Å²) in [6.45, 7) is 7.10. The number of ether oxygens (including phenoxy) is 1. The van der Waals surface area contributed by atoms with Crippen molar-refractivity contribution >= 4 is 29.3 Å². The van der Waals surface area contributed by atoms with Crippen LogP contribution in [0, 0.1) is 12.8 Å². The van der Waals surface area contributed by atoms with Gasteiger partial charge in [0.15, 0.2) is 0 Å². The van der Waals surface area contributed by atoms with Gasteiger partial charge in [-0.25, -0.2) is 14.6 Å². The van der Waals surface area contributed by atoms with Crippen LogP contribution in [0.4, 0.5) is 4.79 Å². The highest BCUT2D eigenvalue weighted by Crippen LogP contribution is 2.24. The summed E-state index contributed by atoms with van der Waals surface area (Å²) in [6, 6.07) is -0.812. The first kappa shape index (κ1) is 19.9. The van der Waals surface area contributed by atoms with Crippen LogP contribution in [0.15, 0.2) is 0 Å². The minimum Gasteiger partial charge on any atom is -0.481 e. The zero-order valence-corrected chi connectivity index (χ0v) is 15.3. The molecule has 1 rings (SSSR count). The molecule has 8 nitrogen and oxygen atoms in total. The van der Waals surface area contributed by atoms with Gasteiger partial charge in [-0.2, -0.15) is 0 Å². The summed E-state index contributed by atoms with van der Waals surface area (Å²) in [5.74, 6) is -2.05. The van der Waals surface area contributed by atoms with Gasteiger partial charge in [-0.3, -0.25) is 4.79 Å². The normalized spacial score (nSPS) is 13.0. The fraction of sp³-hybridized carbons (Fsp3) is 0.600. The van der Waals surface area contributed by atoms with E-state index in [1.807, 2.05) is 0 Å². The summed E-state index contributed by atoms with van der Waals surface area (Å²) in [4.78, 5) is 40.8. The molecule has 0 bridgehead atoms. The van der Waals surface area contributed by atoms with Crippen molar-refractivity contribution in [1.82, 2.24) is 15.2 Å². The number of esters is 1. The molecule has 1 aromatic rings. The molecule has 0 fully saturated rings. The van der Waals surface area contributed by atoms with Crippen LogP contribution in [-0.4, -0.2) is 53.2 Å². The molecule has 0 aliphatic heterocycles. The number of carbonyl (C=O) groups excluding carboxylic acids is 2. The zero-order chi connectivity index (χ0) is 18.4. The third kappa shape index (κ3) is 5.19. The second-order valence-electron chi connectivity index (χ2n) is 5.48. The smallest absolute Gasteiger partial charge is 0.350 e. The molecule has 0 radical (unpaired) electrons. The lowest BCUT2D eigenvalue weighted by Crippen LogP contribution is -2.41. The maximum Gasteiger partial charge on any atom is 0.350 e. The van der Waals surface area contributed by atoms with Crippen molar-refractivity contribution in [2.45, 2.75) is 33.7 Å². The number of nitrogens with one attached hydrogen (secondary N) is 1. The van der Waals surface area contributed by atoms with Gasteiger partial charge in [-0.15, -0.1) is 11.3 Å². The Hall–Kier alpha value is -2.16. The van der Waals surface area contributed by atoms with E-state index in [2.05, 4.69) is 10.3 Å². The number of carboxylic acid groups (broad SMARTS) is 1. The standard InChI is InChI=1S/C15H23N3O5S/c1-6-23-14(21)11-9(3)16-12(24-11)10(4)17-15(22)18(5)7-8(2)13(19)20/h8,10H,6-7H2,1-5H3,(H,17,22)(H,19,20). The molecule has 0 saturated carbocycles. The fourth-order valence-electron chi connectivity index (χ4n) is 1.92. The first-order valence-electron chi connectivity index (χ1n) is 7.56. The van der Waals surface area contributed by atoms with E-state index >= 15 is 0 Å². The highest BCUT2D eigenvalue weighted by atomic mass is 32.1. The molecule has 0 aromatic carbocycles. The minimum absolute atomic E-state index is 0.0961. The van der Waals surface area contributed by atoms with Crippen LogP contribution in [0.5, 0.6) is 0 Å². The van der Waals surface area contributed by atoms with Crippen LogP contribution in [0.25, 0.3) is 0 Å². The van der Waals surface area contributed by atoms with Crippen LogP contribution in [0.3, 0.4) is 0 Å². The Labute approximate surface area is 144 Å². The molecular weight excluding hydrogens is 334 g/mol. The molecule has 24 heavy (non-hydrogen) atoms. The average molecular weight is 357 g/mol. The summed E-state index contributed by atoms with van der Waals surface area (Å²) >= 11 is 1.18. The average Bonchev–Trinajstić information content (AvgIpc) is 2.89. The van der Waals surface area contributed by atoms with Gasteiger partial charge in [-0.1, -0.05) is 6.92 Å². The van der Waals surface area contributed by atoms with Gasteiger partial charge >= 0.3 is 18.0 Å². The third-order valence-corrected chi connectivity index (χ3v) is 4.62. The molecule has 134 valence electrons. The second-order valence-corrected chi connectivity index (χ2v) is 6.51. The number of amides is 2. The lowest BCUT2D eigenvalue weighted by atomic mass is 10.2. The van der Waals surface area contributed by atoms with Crippen molar-refractivity contribution in [3.8, 4) is 0 Å². The largest absolute Gasteiger partial charge is 0.481 e. The molecule has 1 heterocycles. The number of aromatic nitrogens is 1. The Morgan fingerprint density at radius 2 is 2.00 bits per heavy atom. The summed E-state index contributed by atoms with van der Waals surface area (Å²) in [6.07, 6.45) is 0. The Balaban J connectivity index is 2.72. The van der Waals surface area contributed by atoms with Crippen LogP contribution in [0.2, 0.25) is 0 Å². The van der Waals surface area contributed by atoms with Gasteiger partial charge in [0, 0.05) is 13.6 Å². The molecule has 0 spiro atoms. The topological polar surface area (TPSA) is 109 Å². The maximum atomic E-state index is 12.1. The zero-order valence-electron chi connectivity index (χ0n) is 14.5. The van der Waals surface area contributed by atoms with Crippen molar-refractivity contribution in [3.05, 3.63) is 15.6 Å². The van der Waals surface area contributed by atoms with E-state index in [1.165, 1.54) is 30.2 Å². The van der Waals surface area contributed by atoms with Crippen molar-refractivity contribution in [2.24, 2.45) is 5.92 Å². The Morgan fingerprint density at radius 1 is 1.38 bits per heavy atom.